The minimum absolute atomic E-state index is 0.0226. The van der Waals surface area contributed by atoms with Gasteiger partial charge < -0.3 is 5.32 Å². The third-order valence-electron chi connectivity index (χ3n) is 4.19. The second-order valence-corrected chi connectivity index (χ2v) is 5.86. The predicted octanol–water partition coefficient (Wildman–Crippen LogP) is 3.94. The number of hydrogen-bond donors (Lipinski definition) is 1. The van der Waals surface area contributed by atoms with Crippen molar-refractivity contribution >= 4 is 5.91 Å². The van der Waals surface area contributed by atoms with Gasteiger partial charge in [0.1, 0.15) is 5.41 Å². The lowest BCUT2D eigenvalue weighted by molar-refractivity contribution is -0.129. The summed E-state index contributed by atoms with van der Waals surface area (Å²) in [5.74, 6) is -0.0226. The van der Waals surface area contributed by atoms with E-state index in [9.17, 15) is 10.1 Å². The summed E-state index contributed by atoms with van der Waals surface area (Å²) in [6.45, 7) is 4.08. The van der Waals surface area contributed by atoms with Crippen molar-refractivity contribution < 1.29 is 4.79 Å². The minimum Gasteiger partial charge on any atom is -0.352 e. The summed E-state index contributed by atoms with van der Waals surface area (Å²) in [7, 11) is 0. The second kappa shape index (κ2) is 8.19. The van der Waals surface area contributed by atoms with Crippen molar-refractivity contribution in [3.05, 3.63) is 0 Å². The van der Waals surface area contributed by atoms with Crippen molar-refractivity contribution in [3.8, 4) is 6.07 Å². The molecule has 108 valence electrons. The first-order chi connectivity index (χ1) is 9.18. The highest BCUT2D eigenvalue weighted by Crippen LogP contribution is 2.30. The van der Waals surface area contributed by atoms with Gasteiger partial charge in [0.25, 0.3) is 0 Å². The van der Waals surface area contributed by atoms with Gasteiger partial charge in [-0.25, -0.2) is 0 Å². The van der Waals surface area contributed by atoms with Gasteiger partial charge in [-0.3, -0.25) is 4.79 Å². The number of rotatable bonds is 6. The van der Waals surface area contributed by atoms with Gasteiger partial charge in [-0.05, 0) is 25.7 Å². The highest BCUT2D eigenvalue weighted by Gasteiger charge is 2.37. The van der Waals surface area contributed by atoms with Gasteiger partial charge in [0.2, 0.25) is 5.91 Å². The lowest BCUT2D eigenvalue weighted by Gasteiger charge is -2.27. The van der Waals surface area contributed by atoms with Crippen LogP contribution in [0.5, 0.6) is 0 Å². The van der Waals surface area contributed by atoms with Crippen LogP contribution in [0.15, 0.2) is 0 Å². The molecule has 0 saturated heterocycles. The standard InChI is InChI=1S/C16H28N2O/c1-3-11-16(13-17,12-4-2)15(19)18-14-9-7-5-6-8-10-14/h14H,3-12H2,1-2H3,(H,18,19). The second-order valence-electron chi connectivity index (χ2n) is 5.86. The molecular weight excluding hydrogens is 236 g/mol. The normalized spacial score (nSPS) is 17.5. The summed E-state index contributed by atoms with van der Waals surface area (Å²) >= 11 is 0. The Morgan fingerprint density at radius 2 is 1.68 bits per heavy atom. The van der Waals surface area contributed by atoms with E-state index in [2.05, 4.69) is 11.4 Å². The van der Waals surface area contributed by atoms with Crippen LogP contribution in [0.1, 0.15) is 78.1 Å². The molecule has 1 amide bonds. The molecule has 3 heteroatoms. The van der Waals surface area contributed by atoms with Crippen LogP contribution in [0.3, 0.4) is 0 Å². The molecule has 1 rings (SSSR count). The highest BCUT2D eigenvalue weighted by molar-refractivity contribution is 5.85. The molecule has 1 saturated carbocycles. The summed E-state index contributed by atoms with van der Waals surface area (Å²) in [5, 5.41) is 12.6. The van der Waals surface area contributed by atoms with Crippen LogP contribution >= 0.6 is 0 Å². The van der Waals surface area contributed by atoms with Crippen LogP contribution < -0.4 is 5.32 Å². The highest BCUT2D eigenvalue weighted by atomic mass is 16.2. The van der Waals surface area contributed by atoms with E-state index in [1.165, 1.54) is 25.7 Å². The van der Waals surface area contributed by atoms with Gasteiger partial charge >= 0.3 is 0 Å². The van der Waals surface area contributed by atoms with Crippen molar-refractivity contribution in [2.75, 3.05) is 0 Å². The third kappa shape index (κ3) is 4.53. The van der Waals surface area contributed by atoms with Gasteiger partial charge in [-0.15, -0.1) is 0 Å². The van der Waals surface area contributed by atoms with E-state index in [1.54, 1.807) is 0 Å². The number of carbonyl (C=O) groups excluding carboxylic acids is 1. The molecule has 0 unspecified atom stereocenters. The molecule has 3 nitrogen and oxygen atoms in total. The summed E-state index contributed by atoms with van der Waals surface area (Å²) in [4.78, 5) is 12.5. The molecule has 0 bridgehead atoms. The fraction of sp³-hybridized carbons (Fsp3) is 0.875. The Kier molecular flexibility index (Phi) is 6.91. The van der Waals surface area contributed by atoms with E-state index in [-0.39, 0.29) is 11.9 Å². The number of amides is 1. The smallest absolute Gasteiger partial charge is 0.240 e. The van der Waals surface area contributed by atoms with Gasteiger partial charge in [0.05, 0.1) is 6.07 Å². The summed E-state index contributed by atoms with van der Waals surface area (Å²) in [6.07, 6.45) is 10.2. The fourth-order valence-electron chi connectivity index (χ4n) is 3.12. The SMILES string of the molecule is CCCC(C#N)(CCC)C(=O)NC1CCCCCC1. The van der Waals surface area contributed by atoms with Gasteiger partial charge in [0, 0.05) is 6.04 Å². The first-order valence-electron chi connectivity index (χ1n) is 7.90. The van der Waals surface area contributed by atoms with Gasteiger partial charge in [0.15, 0.2) is 0 Å². The number of nitrogens with zero attached hydrogens (tertiary/aromatic N) is 1. The average molecular weight is 264 g/mol. The quantitative estimate of drug-likeness (QED) is 0.739. The molecule has 0 aromatic heterocycles. The van der Waals surface area contributed by atoms with E-state index in [1.807, 2.05) is 13.8 Å². The monoisotopic (exact) mass is 264 g/mol. The number of nitrogens with one attached hydrogen (secondary N) is 1. The Bertz CT molecular complexity index is 305. The zero-order chi connectivity index (χ0) is 14.1. The molecule has 1 fully saturated rings. The van der Waals surface area contributed by atoms with Crippen LogP contribution in [0.4, 0.5) is 0 Å². The van der Waals surface area contributed by atoms with Gasteiger partial charge in [-0.1, -0.05) is 52.4 Å². The molecule has 0 aromatic carbocycles. The Hall–Kier alpha value is -1.04. The average Bonchev–Trinajstić information content (AvgIpc) is 2.67. The molecule has 1 aliphatic carbocycles. The van der Waals surface area contributed by atoms with E-state index >= 15 is 0 Å². The molecule has 0 aliphatic heterocycles. The van der Waals surface area contributed by atoms with E-state index in [0.29, 0.717) is 12.8 Å². The lowest BCUT2D eigenvalue weighted by atomic mass is 9.79. The van der Waals surface area contributed by atoms with Crippen molar-refractivity contribution in [1.29, 1.82) is 5.26 Å². The predicted molar refractivity (Wildman–Crippen MR) is 77.5 cm³/mol. The Morgan fingerprint density at radius 1 is 1.16 bits per heavy atom. The largest absolute Gasteiger partial charge is 0.352 e. The molecule has 0 heterocycles. The zero-order valence-electron chi connectivity index (χ0n) is 12.5. The Morgan fingerprint density at radius 3 is 2.11 bits per heavy atom. The Labute approximate surface area is 117 Å². The fourth-order valence-corrected chi connectivity index (χ4v) is 3.12. The maximum absolute atomic E-state index is 12.5. The summed E-state index contributed by atoms with van der Waals surface area (Å²) < 4.78 is 0. The molecule has 0 aromatic rings. The van der Waals surface area contributed by atoms with Crippen molar-refractivity contribution in [2.24, 2.45) is 5.41 Å². The lowest BCUT2D eigenvalue weighted by Crippen LogP contribution is -2.45. The van der Waals surface area contributed by atoms with Crippen LogP contribution in [-0.2, 0) is 4.79 Å². The summed E-state index contributed by atoms with van der Waals surface area (Å²) in [6, 6.07) is 2.60. The number of carbonyl (C=O) groups is 1. The molecule has 0 spiro atoms. The zero-order valence-corrected chi connectivity index (χ0v) is 12.5. The molecule has 0 atom stereocenters. The molecule has 0 radical (unpaired) electrons. The number of hydrogen-bond acceptors (Lipinski definition) is 2. The maximum Gasteiger partial charge on any atom is 0.240 e. The molecule has 19 heavy (non-hydrogen) atoms. The van der Waals surface area contributed by atoms with Crippen molar-refractivity contribution in [2.45, 2.75) is 84.1 Å². The third-order valence-corrected chi connectivity index (χ3v) is 4.19. The maximum atomic E-state index is 12.5. The number of nitriles is 1. The van der Waals surface area contributed by atoms with Crippen molar-refractivity contribution in [3.63, 3.8) is 0 Å². The van der Waals surface area contributed by atoms with Crippen LogP contribution in [0.25, 0.3) is 0 Å². The first-order valence-corrected chi connectivity index (χ1v) is 7.90. The van der Waals surface area contributed by atoms with Crippen LogP contribution in [0.2, 0.25) is 0 Å². The van der Waals surface area contributed by atoms with Crippen LogP contribution in [-0.4, -0.2) is 11.9 Å². The summed E-state index contributed by atoms with van der Waals surface area (Å²) in [5.41, 5.74) is -0.796. The van der Waals surface area contributed by atoms with Crippen LogP contribution in [0, 0.1) is 16.7 Å². The molecule has 1 aliphatic rings. The molecule has 1 N–H and O–H groups in total. The van der Waals surface area contributed by atoms with Gasteiger partial charge in [-0.2, -0.15) is 5.26 Å². The first kappa shape index (κ1) is 16.0. The van der Waals surface area contributed by atoms with E-state index in [0.717, 1.165) is 25.7 Å². The van der Waals surface area contributed by atoms with E-state index < -0.39 is 5.41 Å². The molecular formula is C16H28N2O. The van der Waals surface area contributed by atoms with E-state index in [4.69, 9.17) is 0 Å². The topological polar surface area (TPSA) is 52.9 Å². The van der Waals surface area contributed by atoms with Crippen molar-refractivity contribution in [1.82, 2.24) is 5.32 Å². The minimum atomic E-state index is -0.796. The Balaban J connectivity index is 2.67.